The first-order valence-electron chi connectivity index (χ1n) is 5.98. The lowest BCUT2D eigenvalue weighted by Gasteiger charge is -2.08. The molecule has 108 valence electrons. The molecule has 0 fully saturated rings. The van der Waals surface area contributed by atoms with E-state index in [1.54, 1.807) is 24.3 Å². The van der Waals surface area contributed by atoms with Gasteiger partial charge in [0.2, 0.25) is 0 Å². The Labute approximate surface area is 129 Å². The molecule has 0 bridgehead atoms. The molecule has 0 aliphatic rings. The Morgan fingerprint density at radius 2 is 1.86 bits per heavy atom. The van der Waals surface area contributed by atoms with Gasteiger partial charge in [0.15, 0.2) is 6.61 Å². The molecule has 2 aromatic carbocycles. The van der Waals surface area contributed by atoms with E-state index in [0.717, 1.165) is 4.47 Å². The van der Waals surface area contributed by atoms with Gasteiger partial charge in [0.05, 0.1) is 9.40 Å². The number of amides is 1. The summed E-state index contributed by atoms with van der Waals surface area (Å²) in [6.07, 6.45) is 0. The zero-order chi connectivity index (χ0) is 15.2. The third kappa shape index (κ3) is 4.03. The third-order valence-corrected chi connectivity index (χ3v) is 3.23. The second kappa shape index (κ2) is 6.85. The molecule has 1 N–H and O–H groups in total. The quantitative estimate of drug-likeness (QED) is 0.661. The summed E-state index contributed by atoms with van der Waals surface area (Å²) in [7, 11) is 0. The summed E-state index contributed by atoms with van der Waals surface area (Å²) in [6.45, 7) is -0.241. The second-order valence-corrected chi connectivity index (χ2v) is 4.90. The van der Waals surface area contributed by atoms with Gasteiger partial charge in [0.25, 0.3) is 11.6 Å². The predicted molar refractivity (Wildman–Crippen MR) is 81.4 cm³/mol. The van der Waals surface area contributed by atoms with Gasteiger partial charge >= 0.3 is 0 Å². The molecule has 1 amide bonds. The predicted octanol–water partition coefficient (Wildman–Crippen LogP) is 3.37. The monoisotopic (exact) mass is 350 g/mol. The van der Waals surface area contributed by atoms with Crippen molar-refractivity contribution in [3.63, 3.8) is 0 Å². The number of benzene rings is 2. The van der Waals surface area contributed by atoms with Crippen LogP contribution in [0.4, 0.5) is 11.4 Å². The fraction of sp³-hybridized carbons (Fsp3) is 0.0714. The van der Waals surface area contributed by atoms with Crippen LogP contribution in [0, 0.1) is 10.1 Å². The molecule has 0 aliphatic carbocycles. The van der Waals surface area contributed by atoms with Crippen molar-refractivity contribution < 1.29 is 14.5 Å². The Morgan fingerprint density at radius 3 is 2.57 bits per heavy atom. The van der Waals surface area contributed by atoms with Gasteiger partial charge in [-0.05, 0) is 34.1 Å². The first-order chi connectivity index (χ1) is 10.1. The van der Waals surface area contributed by atoms with Crippen molar-refractivity contribution in [3.8, 4) is 5.75 Å². The molecular formula is C14H11BrN2O4. The number of carbonyl (C=O) groups excluding carboxylic acids is 1. The zero-order valence-corrected chi connectivity index (χ0v) is 12.4. The summed E-state index contributed by atoms with van der Waals surface area (Å²) in [5.41, 5.74) is -0.0185. The molecule has 0 heterocycles. The number of anilines is 1. The molecule has 0 saturated heterocycles. The molecule has 0 spiro atoms. The number of nitrogens with zero attached hydrogens (tertiary/aromatic N) is 1. The molecule has 0 aromatic heterocycles. The maximum Gasteiger partial charge on any atom is 0.292 e. The zero-order valence-electron chi connectivity index (χ0n) is 10.8. The van der Waals surface area contributed by atoms with Crippen LogP contribution in [0.5, 0.6) is 5.75 Å². The maximum absolute atomic E-state index is 11.8. The van der Waals surface area contributed by atoms with Crippen molar-refractivity contribution in [1.29, 1.82) is 0 Å². The van der Waals surface area contributed by atoms with Gasteiger partial charge in [-0.2, -0.15) is 0 Å². The topological polar surface area (TPSA) is 81.5 Å². The second-order valence-electron chi connectivity index (χ2n) is 4.04. The highest BCUT2D eigenvalue weighted by atomic mass is 79.9. The highest BCUT2D eigenvalue weighted by Crippen LogP contribution is 2.25. The Kier molecular flexibility index (Phi) is 4.89. The number of nitro groups is 1. The summed E-state index contributed by atoms with van der Waals surface area (Å²) in [5, 5.41) is 13.3. The summed E-state index contributed by atoms with van der Waals surface area (Å²) in [4.78, 5) is 22.1. The molecule has 6 nitrogen and oxygen atoms in total. The van der Waals surface area contributed by atoms with Crippen LogP contribution in [0.3, 0.4) is 0 Å². The number of nitrogens with one attached hydrogen (secondary N) is 1. The van der Waals surface area contributed by atoms with Crippen molar-refractivity contribution in [2.24, 2.45) is 0 Å². The third-order valence-electron chi connectivity index (χ3n) is 2.57. The first kappa shape index (κ1) is 15.0. The van der Waals surface area contributed by atoms with E-state index in [1.807, 2.05) is 6.07 Å². The average Bonchev–Trinajstić information content (AvgIpc) is 2.47. The maximum atomic E-state index is 11.8. The summed E-state index contributed by atoms with van der Waals surface area (Å²) in [6, 6.07) is 13.0. The summed E-state index contributed by atoms with van der Waals surface area (Å²) >= 11 is 3.30. The number of hydrogen-bond acceptors (Lipinski definition) is 4. The van der Waals surface area contributed by atoms with Gasteiger partial charge in [-0.25, -0.2) is 0 Å². The Balaban J connectivity index is 2.00. The molecule has 0 unspecified atom stereocenters. The highest BCUT2D eigenvalue weighted by molar-refractivity contribution is 9.10. The van der Waals surface area contributed by atoms with Gasteiger partial charge in [-0.1, -0.05) is 24.3 Å². The number of rotatable bonds is 5. The van der Waals surface area contributed by atoms with E-state index in [0.29, 0.717) is 5.75 Å². The minimum atomic E-state index is -0.551. The lowest BCUT2D eigenvalue weighted by atomic mass is 10.2. The number of para-hydroxylation sites is 3. The SMILES string of the molecule is O=C(COc1ccccc1Br)Nc1ccccc1[N+](=O)[O-]. The van der Waals surface area contributed by atoms with Crippen molar-refractivity contribution in [1.82, 2.24) is 0 Å². The summed E-state index contributed by atoms with van der Waals surface area (Å²) in [5.74, 6) is 0.0512. The van der Waals surface area contributed by atoms with E-state index in [2.05, 4.69) is 21.2 Å². The van der Waals surface area contributed by atoms with Crippen LogP contribution < -0.4 is 10.1 Å². The molecule has 0 atom stereocenters. The number of nitro benzene ring substituents is 1. The van der Waals surface area contributed by atoms with Crippen LogP contribution in [-0.4, -0.2) is 17.4 Å². The average molecular weight is 351 g/mol. The minimum absolute atomic E-state index is 0.142. The van der Waals surface area contributed by atoms with Crippen LogP contribution in [0.1, 0.15) is 0 Å². The Hall–Kier alpha value is -2.41. The molecule has 7 heteroatoms. The molecule has 0 radical (unpaired) electrons. The molecule has 21 heavy (non-hydrogen) atoms. The molecule has 2 rings (SSSR count). The van der Waals surface area contributed by atoms with E-state index < -0.39 is 10.8 Å². The lowest BCUT2D eigenvalue weighted by molar-refractivity contribution is -0.383. The normalized spacial score (nSPS) is 9.95. The van der Waals surface area contributed by atoms with Gasteiger partial charge in [-0.15, -0.1) is 0 Å². The van der Waals surface area contributed by atoms with Gasteiger partial charge in [0, 0.05) is 6.07 Å². The summed E-state index contributed by atoms with van der Waals surface area (Å²) < 4.78 is 6.07. The smallest absolute Gasteiger partial charge is 0.292 e. The molecule has 0 saturated carbocycles. The lowest BCUT2D eigenvalue weighted by Crippen LogP contribution is -2.20. The van der Waals surface area contributed by atoms with Crippen molar-refractivity contribution in [2.45, 2.75) is 0 Å². The van der Waals surface area contributed by atoms with Crippen LogP contribution in [0.15, 0.2) is 53.0 Å². The fourth-order valence-corrected chi connectivity index (χ4v) is 2.03. The van der Waals surface area contributed by atoms with E-state index in [4.69, 9.17) is 4.74 Å². The largest absolute Gasteiger partial charge is 0.483 e. The van der Waals surface area contributed by atoms with Crippen LogP contribution in [0.25, 0.3) is 0 Å². The van der Waals surface area contributed by atoms with Gasteiger partial charge < -0.3 is 10.1 Å². The Bertz CT molecular complexity index is 676. The van der Waals surface area contributed by atoms with Crippen molar-refractivity contribution in [2.75, 3.05) is 11.9 Å². The highest BCUT2D eigenvalue weighted by Gasteiger charge is 2.15. The molecule has 0 aliphatic heterocycles. The fourth-order valence-electron chi connectivity index (χ4n) is 1.63. The van der Waals surface area contributed by atoms with Gasteiger partial charge in [-0.3, -0.25) is 14.9 Å². The van der Waals surface area contributed by atoms with Crippen LogP contribution in [-0.2, 0) is 4.79 Å². The van der Waals surface area contributed by atoms with E-state index in [-0.39, 0.29) is 18.0 Å². The van der Waals surface area contributed by atoms with Gasteiger partial charge in [0.1, 0.15) is 11.4 Å². The first-order valence-corrected chi connectivity index (χ1v) is 6.78. The number of hydrogen-bond donors (Lipinski definition) is 1. The minimum Gasteiger partial charge on any atom is -0.483 e. The van der Waals surface area contributed by atoms with E-state index in [1.165, 1.54) is 18.2 Å². The van der Waals surface area contributed by atoms with E-state index in [9.17, 15) is 14.9 Å². The van der Waals surface area contributed by atoms with Crippen molar-refractivity contribution in [3.05, 3.63) is 63.1 Å². The van der Waals surface area contributed by atoms with Crippen LogP contribution in [0.2, 0.25) is 0 Å². The van der Waals surface area contributed by atoms with Crippen LogP contribution >= 0.6 is 15.9 Å². The Morgan fingerprint density at radius 1 is 1.19 bits per heavy atom. The number of halogens is 1. The van der Waals surface area contributed by atoms with Crippen molar-refractivity contribution >= 4 is 33.2 Å². The van der Waals surface area contributed by atoms with E-state index >= 15 is 0 Å². The standard InChI is InChI=1S/C14H11BrN2O4/c15-10-5-1-4-8-13(10)21-9-14(18)16-11-6-2-3-7-12(11)17(19)20/h1-8H,9H2,(H,16,18). The number of carbonyl (C=O) groups is 1. The molecule has 2 aromatic rings. The molecular weight excluding hydrogens is 340 g/mol. The number of ether oxygens (including phenoxy) is 1.